The van der Waals surface area contributed by atoms with Crippen molar-refractivity contribution in [2.24, 2.45) is 5.73 Å². The van der Waals surface area contributed by atoms with Crippen molar-refractivity contribution in [3.8, 4) is 5.75 Å². The Morgan fingerprint density at radius 2 is 2.00 bits per heavy atom. The van der Waals surface area contributed by atoms with Crippen LogP contribution in [-0.4, -0.2) is 13.2 Å². The fourth-order valence-corrected chi connectivity index (χ4v) is 0.877. The first-order chi connectivity index (χ1) is 5.84. The van der Waals surface area contributed by atoms with Crippen molar-refractivity contribution >= 4 is 5.69 Å². The van der Waals surface area contributed by atoms with Crippen molar-refractivity contribution in [1.29, 1.82) is 0 Å². The van der Waals surface area contributed by atoms with Gasteiger partial charge in [-0.2, -0.15) is 0 Å². The molecule has 1 aromatic carbocycles. The van der Waals surface area contributed by atoms with Gasteiger partial charge in [0.25, 0.3) is 0 Å². The quantitative estimate of drug-likeness (QED) is 0.518. The van der Waals surface area contributed by atoms with E-state index in [1.54, 1.807) is 0 Å². The zero-order valence-electron chi connectivity index (χ0n) is 6.99. The van der Waals surface area contributed by atoms with Crippen molar-refractivity contribution < 1.29 is 4.74 Å². The third-order valence-electron chi connectivity index (χ3n) is 1.53. The van der Waals surface area contributed by atoms with Gasteiger partial charge in [0.15, 0.2) is 0 Å². The molecule has 1 rings (SSSR count). The van der Waals surface area contributed by atoms with Crippen LogP contribution in [0, 0.1) is 0 Å². The van der Waals surface area contributed by atoms with Gasteiger partial charge >= 0.3 is 0 Å². The van der Waals surface area contributed by atoms with E-state index in [4.69, 9.17) is 16.2 Å². The molecule has 3 heteroatoms. The molecule has 0 atom stereocenters. The summed E-state index contributed by atoms with van der Waals surface area (Å²) < 4.78 is 5.37. The fourth-order valence-electron chi connectivity index (χ4n) is 0.877. The summed E-state index contributed by atoms with van der Waals surface area (Å²) in [5, 5.41) is 0. The Labute approximate surface area is 72.3 Å². The summed E-state index contributed by atoms with van der Waals surface area (Å²) >= 11 is 0. The Morgan fingerprint density at radius 1 is 1.25 bits per heavy atom. The van der Waals surface area contributed by atoms with E-state index in [2.05, 4.69) is 0 Å². The maximum atomic E-state index is 5.65. The second kappa shape index (κ2) is 4.62. The van der Waals surface area contributed by atoms with Gasteiger partial charge in [-0.3, -0.25) is 0 Å². The van der Waals surface area contributed by atoms with E-state index in [9.17, 15) is 0 Å². The minimum atomic E-state index is 0.630. The summed E-state index contributed by atoms with van der Waals surface area (Å²) in [6.07, 6.45) is 0.855. The maximum absolute atomic E-state index is 5.65. The second-order valence-electron chi connectivity index (χ2n) is 2.53. The van der Waals surface area contributed by atoms with Crippen LogP contribution in [0.5, 0.6) is 5.75 Å². The highest BCUT2D eigenvalue weighted by Gasteiger charge is 1.96. The molecule has 0 saturated heterocycles. The van der Waals surface area contributed by atoms with Crippen LogP contribution in [0.25, 0.3) is 0 Å². The highest BCUT2D eigenvalue weighted by Crippen LogP contribution is 2.19. The predicted molar refractivity (Wildman–Crippen MR) is 50.0 cm³/mol. The number of anilines is 1. The summed E-state index contributed by atoms with van der Waals surface area (Å²) in [7, 11) is 0. The SMILES string of the molecule is NCCCOc1ccccc1N. The van der Waals surface area contributed by atoms with Crippen molar-refractivity contribution in [3.63, 3.8) is 0 Å². The normalized spacial score (nSPS) is 9.75. The van der Waals surface area contributed by atoms with Gasteiger partial charge < -0.3 is 16.2 Å². The molecule has 3 nitrogen and oxygen atoms in total. The fraction of sp³-hybridized carbons (Fsp3) is 0.333. The minimum Gasteiger partial charge on any atom is -0.491 e. The van der Waals surface area contributed by atoms with E-state index in [1.807, 2.05) is 24.3 Å². The van der Waals surface area contributed by atoms with E-state index < -0.39 is 0 Å². The zero-order chi connectivity index (χ0) is 8.81. The van der Waals surface area contributed by atoms with E-state index in [-0.39, 0.29) is 0 Å². The van der Waals surface area contributed by atoms with Gasteiger partial charge in [0.1, 0.15) is 5.75 Å². The first-order valence-electron chi connectivity index (χ1n) is 4.02. The molecule has 0 bridgehead atoms. The van der Waals surface area contributed by atoms with Crippen molar-refractivity contribution in [2.45, 2.75) is 6.42 Å². The zero-order valence-corrected chi connectivity index (χ0v) is 6.99. The molecule has 0 aliphatic heterocycles. The molecule has 0 aromatic heterocycles. The maximum Gasteiger partial charge on any atom is 0.142 e. The highest BCUT2D eigenvalue weighted by atomic mass is 16.5. The number of nitrogens with two attached hydrogens (primary N) is 2. The molecule has 0 unspecified atom stereocenters. The molecule has 0 aliphatic rings. The summed E-state index contributed by atoms with van der Waals surface area (Å²) in [6.45, 7) is 1.28. The molecule has 0 radical (unpaired) electrons. The standard InChI is InChI=1S/C9H14N2O/c10-6-3-7-12-9-5-2-1-4-8(9)11/h1-2,4-5H,3,6-7,10-11H2. The predicted octanol–water partition coefficient (Wildman–Crippen LogP) is 0.996. The Bertz CT molecular complexity index is 238. The molecular weight excluding hydrogens is 152 g/mol. The van der Waals surface area contributed by atoms with E-state index >= 15 is 0 Å². The van der Waals surface area contributed by atoms with Crippen molar-refractivity contribution in [2.75, 3.05) is 18.9 Å². The molecule has 1 aromatic rings. The van der Waals surface area contributed by atoms with E-state index in [1.165, 1.54) is 0 Å². The lowest BCUT2D eigenvalue weighted by Gasteiger charge is -2.06. The molecule has 0 fully saturated rings. The highest BCUT2D eigenvalue weighted by molar-refractivity contribution is 5.51. The number of para-hydroxylation sites is 2. The Kier molecular flexibility index (Phi) is 3.41. The molecule has 4 N–H and O–H groups in total. The number of benzene rings is 1. The summed E-state index contributed by atoms with van der Waals surface area (Å²) in [6, 6.07) is 7.45. The Balaban J connectivity index is 2.46. The molecule has 0 aliphatic carbocycles. The van der Waals surface area contributed by atoms with E-state index in [0.29, 0.717) is 18.8 Å². The first kappa shape index (κ1) is 8.87. The van der Waals surface area contributed by atoms with Crippen LogP contribution in [0.15, 0.2) is 24.3 Å². The average molecular weight is 166 g/mol. The van der Waals surface area contributed by atoms with Gasteiger partial charge in [-0.1, -0.05) is 12.1 Å². The molecule has 0 amide bonds. The molecule has 0 spiro atoms. The molecular formula is C9H14N2O. The summed E-state index contributed by atoms with van der Waals surface area (Å²) in [4.78, 5) is 0. The molecule has 66 valence electrons. The van der Waals surface area contributed by atoms with Gasteiger partial charge in [-0.25, -0.2) is 0 Å². The van der Waals surface area contributed by atoms with Crippen LogP contribution < -0.4 is 16.2 Å². The summed E-state index contributed by atoms with van der Waals surface area (Å²) in [5.74, 6) is 0.742. The monoisotopic (exact) mass is 166 g/mol. The molecule has 0 heterocycles. The number of ether oxygens (including phenoxy) is 1. The van der Waals surface area contributed by atoms with Crippen LogP contribution in [0.4, 0.5) is 5.69 Å². The lowest BCUT2D eigenvalue weighted by atomic mass is 10.3. The second-order valence-corrected chi connectivity index (χ2v) is 2.53. The number of hydrogen-bond donors (Lipinski definition) is 2. The first-order valence-corrected chi connectivity index (χ1v) is 4.02. The van der Waals surface area contributed by atoms with Gasteiger partial charge in [0, 0.05) is 0 Å². The van der Waals surface area contributed by atoms with Gasteiger partial charge in [0.2, 0.25) is 0 Å². The smallest absolute Gasteiger partial charge is 0.142 e. The van der Waals surface area contributed by atoms with Crippen molar-refractivity contribution in [1.82, 2.24) is 0 Å². The average Bonchev–Trinajstić information content (AvgIpc) is 2.09. The van der Waals surface area contributed by atoms with Gasteiger partial charge in [0.05, 0.1) is 12.3 Å². The Morgan fingerprint density at radius 3 is 2.67 bits per heavy atom. The number of hydrogen-bond acceptors (Lipinski definition) is 3. The minimum absolute atomic E-state index is 0.630. The van der Waals surface area contributed by atoms with Crippen LogP contribution in [0.1, 0.15) is 6.42 Å². The Hall–Kier alpha value is -1.22. The van der Waals surface area contributed by atoms with Crippen LogP contribution in [0.3, 0.4) is 0 Å². The van der Waals surface area contributed by atoms with Crippen molar-refractivity contribution in [3.05, 3.63) is 24.3 Å². The lowest BCUT2D eigenvalue weighted by molar-refractivity contribution is 0.315. The molecule has 0 saturated carbocycles. The topological polar surface area (TPSA) is 61.3 Å². The third-order valence-corrected chi connectivity index (χ3v) is 1.53. The van der Waals surface area contributed by atoms with Crippen LogP contribution in [0.2, 0.25) is 0 Å². The van der Waals surface area contributed by atoms with E-state index in [0.717, 1.165) is 12.2 Å². The van der Waals surface area contributed by atoms with Gasteiger partial charge in [-0.05, 0) is 25.1 Å². The number of rotatable bonds is 4. The largest absolute Gasteiger partial charge is 0.491 e. The molecule has 12 heavy (non-hydrogen) atoms. The van der Waals surface area contributed by atoms with Gasteiger partial charge in [-0.15, -0.1) is 0 Å². The van der Waals surface area contributed by atoms with Crippen LogP contribution >= 0.6 is 0 Å². The third kappa shape index (κ3) is 2.43. The van der Waals surface area contributed by atoms with Crippen LogP contribution in [-0.2, 0) is 0 Å². The lowest BCUT2D eigenvalue weighted by Crippen LogP contribution is -2.06. The summed E-state index contributed by atoms with van der Waals surface area (Å²) in [5.41, 5.74) is 11.6. The number of nitrogen functional groups attached to an aromatic ring is 1.